The number of ether oxygens (including phenoxy) is 3. The van der Waals surface area contributed by atoms with E-state index >= 15 is 0 Å². The molecule has 3 aromatic rings. The second-order valence-corrected chi connectivity index (χ2v) is 6.09. The van der Waals surface area contributed by atoms with Crippen molar-refractivity contribution in [1.82, 2.24) is 9.97 Å². The molecular weight excluding hydrogens is 362 g/mol. The number of carbonyl (C=O) groups excluding carboxylic acids is 2. The molecule has 0 saturated heterocycles. The van der Waals surface area contributed by atoms with Crippen LogP contribution >= 0.6 is 0 Å². The highest BCUT2D eigenvalue weighted by molar-refractivity contribution is 6.03. The number of fused-ring (bicyclic) bond motifs is 2. The maximum absolute atomic E-state index is 12.6. The SMILES string of the molecule is CCC(OC(=O)c1cccc2nccnc12)C(=O)Nc1ccc2c(c1)OCO2. The van der Waals surface area contributed by atoms with E-state index in [2.05, 4.69) is 15.3 Å². The number of carbonyl (C=O) groups is 2. The first kappa shape index (κ1) is 17.7. The van der Waals surface area contributed by atoms with Crippen molar-refractivity contribution < 1.29 is 23.8 Å². The Labute approximate surface area is 160 Å². The van der Waals surface area contributed by atoms with Crippen LogP contribution in [0.25, 0.3) is 11.0 Å². The lowest BCUT2D eigenvalue weighted by Gasteiger charge is -2.16. The van der Waals surface area contributed by atoms with E-state index in [-0.39, 0.29) is 12.4 Å². The van der Waals surface area contributed by atoms with Gasteiger partial charge in [0.15, 0.2) is 17.6 Å². The minimum Gasteiger partial charge on any atom is -0.454 e. The summed E-state index contributed by atoms with van der Waals surface area (Å²) in [5, 5.41) is 2.74. The second-order valence-electron chi connectivity index (χ2n) is 6.09. The Bertz CT molecular complexity index is 1050. The third kappa shape index (κ3) is 3.44. The van der Waals surface area contributed by atoms with Crippen LogP contribution in [-0.2, 0) is 9.53 Å². The predicted molar refractivity (Wildman–Crippen MR) is 100 cm³/mol. The highest BCUT2D eigenvalue weighted by Gasteiger charge is 2.24. The zero-order valence-electron chi connectivity index (χ0n) is 15.0. The summed E-state index contributed by atoms with van der Waals surface area (Å²) in [5.74, 6) is 0.116. The minimum absolute atomic E-state index is 0.149. The van der Waals surface area contributed by atoms with Crippen LogP contribution in [0.1, 0.15) is 23.7 Å². The predicted octanol–water partition coefficient (Wildman–Crippen LogP) is 2.93. The molecular formula is C20H17N3O5. The van der Waals surface area contributed by atoms with Crippen molar-refractivity contribution in [2.24, 2.45) is 0 Å². The zero-order valence-corrected chi connectivity index (χ0v) is 15.0. The Morgan fingerprint density at radius 2 is 1.96 bits per heavy atom. The Morgan fingerprint density at radius 1 is 1.14 bits per heavy atom. The average Bonchev–Trinajstić information content (AvgIpc) is 3.19. The largest absolute Gasteiger partial charge is 0.454 e. The minimum atomic E-state index is -0.954. The number of anilines is 1. The fourth-order valence-corrected chi connectivity index (χ4v) is 2.87. The number of amides is 1. The van der Waals surface area contributed by atoms with Crippen LogP contribution in [0, 0.1) is 0 Å². The number of rotatable bonds is 5. The Morgan fingerprint density at radius 3 is 2.82 bits per heavy atom. The smallest absolute Gasteiger partial charge is 0.341 e. The van der Waals surface area contributed by atoms with Crippen LogP contribution in [0.5, 0.6) is 11.5 Å². The Balaban J connectivity index is 1.49. The number of nitrogens with one attached hydrogen (secondary N) is 1. The summed E-state index contributed by atoms with van der Waals surface area (Å²) in [6.07, 6.45) is 2.41. The molecule has 1 aliphatic rings. The van der Waals surface area contributed by atoms with Crippen molar-refractivity contribution in [2.45, 2.75) is 19.4 Å². The van der Waals surface area contributed by atoms with Crippen LogP contribution in [-0.4, -0.2) is 34.7 Å². The van der Waals surface area contributed by atoms with Crippen LogP contribution in [0.3, 0.4) is 0 Å². The molecule has 0 fully saturated rings. The van der Waals surface area contributed by atoms with E-state index in [1.54, 1.807) is 49.5 Å². The van der Waals surface area contributed by atoms with Gasteiger partial charge in [0.25, 0.3) is 5.91 Å². The number of benzene rings is 2. The van der Waals surface area contributed by atoms with Crippen molar-refractivity contribution in [3.8, 4) is 11.5 Å². The van der Waals surface area contributed by atoms with E-state index in [9.17, 15) is 9.59 Å². The molecule has 1 aromatic heterocycles. The van der Waals surface area contributed by atoms with E-state index < -0.39 is 18.0 Å². The Kier molecular flexibility index (Phi) is 4.76. The van der Waals surface area contributed by atoms with E-state index in [1.165, 1.54) is 6.20 Å². The molecule has 142 valence electrons. The van der Waals surface area contributed by atoms with Gasteiger partial charge in [0.05, 0.1) is 11.1 Å². The van der Waals surface area contributed by atoms with Gasteiger partial charge in [-0.15, -0.1) is 0 Å². The fourth-order valence-electron chi connectivity index (χ4n) is 2.87. The standard InChI is InChI=1S/C20H17N3O5/c1-2-15(19(24)23-12-6-7-16-17(10-12)27-11-26-16)28-20(25)13-4-3-5-14-18(13)22-9-8-21-14/h3-10,15H,2,11H2,1H3,(H,23,24). The molecule has 4 rings (SSSR count). The van der Waals surface area contributed by atoms with Gasteiger partial charge < -0.3 is 19.5 Å². The lowest BCUT2D eigenvalue weighted by molar-refractivity contribution is -0.124. The van der Waals surface area contributed by atoms with Gasteiger partial charge in [-0.05, 0) is 30.7 Å². The topological polar surface area (TPSA) is 99.6 Å². The summed E-state index contributed by atoms with van der Waals surface area (Å²) in [6.45, 7) is 1.91. The first-order valence-electron chi connectivity index (χ1n) is 8.77. The molecule has 0 bridgehead atoms. The summed E-state index contributed by atoms with van der Waals surface area (Å²) in [5.41, 5.74) is 1.80. The normalized spacial score (nSPS) is 13.2. The molecule has 1 atom stereocenters. The molecule has 1 N–H and O–H groups in total. The molecule has 1 amide bonds. The summed E-state index contributed by atoms with van der Waals surface area (Å²) < 4.78 is 16.0. The molecule has 8 heteroatoms. The molecule has 1 aliphatic heterocycles. The zero-order chi connectivity index (χ0) is 19.5. The van der Waals surface area contributed by atoms with Crippen LogP contribution < -0.4 is 14.8 Å². The quantitative estimate of drug-likeness (QED) is 0.680. The number of aromatic nitrogens is 2. The van der Waals surface area contributed by atoms with Gasteiger partial charge in [0.2, 0.25) is 6.79 Å². The monoisotopic (exact) mass is 379 g/mol. The van der Waals surface area contributed by atoms with E-state index in [1.807, 2.05) is 0 Å². The number of esters is 1. The molecule has 0 aliphatic carbocycles. The maximum atomic E-state index is 12.6. The molecule has 0 saturated carbocycles. The lowest BCUT2D eigenvalue weighted by Crippen LogP contribution is -2.32. The van der Waals surface area contributed by atoms with Gasteiger partial charge in [-0.3, -0.25) is 14.8 Å². The summed E-state index contributed by atoms with van der Waals surface area (Å²) >= 11 is 0. The molecule has 8 nitrogen and oxygen atoms in total. The first-order valence-corrected chi connectivity index (χ1v) is 8.77. The number of hydrogen-bond donors (Lipinski definition) is 1. The fraction of sp³-hybridized carbons (Fsp3) is 0.200. The van der Waals surface area contributed by atoms with Gasteiger partial charge in [0, 0.05) is 24.1 Å². The number of para-hydroxylation sites is 1. The molecule has 0 spiro atoms. The molecule has 28 heavy (non-hydrogen) atoms. The van der Waals surface area contributed by atoms with Crippen molar-refractivity contribution in [2.75, 3.05) is 12.1 Å². The first-order chi connectivity index (χ1) is 13.7. The Hall–Kier alpha value is -3.68. The average molecular weight is 379 g/mol. The third-order valence-corrected chi connectivity index (χ3v) is 4.27. The van der Waals surface area contributed by atoms with Crippen LogP contribution in [0.15, 0.2) is 48.8 Å². The number of nitrogens with zero attached hydrogens (tertiary/aromatic N) is 2. The second kappa shape index (κ2) is 7.51. The van der Waals surface area contributed by atoms with E-state index in [4.69, 9.17) is 14.2 Å². The highest BCUT2D eigenvalue weighted by Crippen LogP contribution is 2.34. The lowest BCUT2D eigenvalue weighted by atomic mass is 10.1. The van der Waals surface area contributed by atoms with E-state index in [0.717, 1.165) is 0 Å². The molecule has 1 unspecified atom stereocenters. The molecule has 0 radical (unpaired) electrons. The van der Waals surface area contributed by atoms with Crippen molar-refractivity contribution in [3.05, 3.63) is 54.4 Å². The van der Waals surface area contributed by atoms with Crippen molar-refractivity contribution >= 4 is 28.6 Å². The van der Waals surface area contributed by atoms with Gasteiger partial charge in [-0.1, -0.05) is 13.0 Å². The van der Waals surface area contributed by atoms with Gasteiger partial charge in [0.1, 0.15) is 5.52 Å². The molecule has 2 aromatic carbocycles. The van der Waals surface area contributed by atoms with Gasteiger partial charge in [-0.2, -0.15) is 0 Å². The van der Waals surface area contributed by atoms with Crippen LogP contribution in [0.2, 0.25) is 0 Å². The van der Waals surface area contributed by atoms with E-state index in [0.29, 0.717) is 34.6 Å². The summed E-state index contributed by atoms with van der Waals surface area (Å²) in [4.78, 5) is 33.6. The third-order valence-electron chi connectivity index (χ3n) is 4.27. The van der Waals surface area contributed by atoms with Gasteiger partial charge in [-0.25, -0.2) is 4.79 Å². The summed E-state index contributed by atoms with van der Waals surface area (Å²) in [7, 11) is 0. The highest BCUT2D eigenvalue weighted by atomic mass is 16.7. The van der Waals surface area contributed by atoms with Gasteiger partial charge >= 0.3 is 5.97 Å². The van der Waals surface area contributed by atoms with Crippen LogP contribution in [0.4, 0.5) is 5.69 Å². The van der Waals surface area contributed by atoms with Crippen molar-refractivity contribution in [1.29, 1.82) is 0 Å². The molecule has 2 heterocycles. The maximum Gasteiger partial charge on any atom is 0.341 e. The summed E-state index contributed by atoms with van der Waals surface area (Å²) in [6, 6.07) is 10.1. The number of hydrogen-bond acceptors (Lipinski definition) is 7. The van der Waals surface area contributed by atoms with Crippen molar-refractivity contribution in [3.63, 3.8) is 0 Å².